The normalized spacial score (nSPS) is 14.3. The van der Waals surface area contributed by atoms with E-state index < -0.39 is 5.60 Å². The predicted molar refractivity (Wildman–Crippen MR) is 143 cm³/mol. The monoisotopic (exact) mass is 547 g/mol. The first-order valence-electron chi connectivity index (χ1n) is 11.4. The fourth-order valence-electron chi connectivity index (χ4n) is 4.31. The van der Waals surface area contributed by atoms with E-state index in [1.807, 2.05) is 6.92 Å². The van der Waals surface area contributed by atoms with Crippen LogP contribution in [-0.4, -0.2) is 71.9 Å². The average molecular weight is 548 g/mol. The molecule has 3 heterocycles. The minimum absolute atomic E-state index is 0.144. The number of likely N-dealkylation sites (tertiary alicyclic amines) is 1. The van der Waals surface area contributed by atoms with Crippen LogP contribution in [0.5, 0.6) is 11.5 Å². The number of hydrogen-bond acceptors (Lipinski definition) is 8. The zero-order valence-electron chi connectivity index (χ0n) is 20.9. The third-order valence-corrected chi connectivity index (χ3v) is 6.95. The molecule has 12 heteroatoms. The lowest BCUT2D eigenvalue weighted by Gasteiger charge is -2.47. The third kappa shape index (κ3) is 4.96. The Hall–Kier alpha value is -3.34. The van der Waals surface area contributed by atoms with Crippen LogP contribution in [0.3, 0.4) is 0 Å². The molecule has 2 aromatic heterocycles. The van der Waals surface area contributed by atoms with E-state index in [4.69, 9.17) is 37.4 Å². The van der Waals surface area contributed by atoms with Crippen LogP contribution >= 0.6 is 23.2 Å². The van der Waals surface area contributed by atoms with E-state index in [1.54, 1.807) is 30.3 Å². The van der Waals surface area contributed by atoms with Gasteiger partial charge in [0.1, 0.15) is 22.7 Å². The number of fused-ring (bicyclic) bond motifs is 1. The highest BCUT2D eigenvalue weighted by Crippen LogP contribution is 2.45. The number of amides is 1. The van der Waals surface area contributed by atoms with E-state index >= 15 is 0 Å². The molecule has 0 atom stereocenters. The Kier molecular flexibility index (Phi) is 7.63. The van der Waals surface area contributed by atoms with Gasteiger partial charge >= 0.3 is 0 Å². The summed E-state index contributed by atoms with van der Waals surface area (Å²) >= 11 is 13.2. The van der Waals surface area contributed by atoms with Gasteiger partial charge in [-0.3, -0.25) is 14.2 Å². The van der Waals surface area contributed by atoms with Crippen molar-refractivity contribution in [3.63, 3.8) is 0 Å². The van der Waals surface area contributed by atoms with Gasteiger partial charge in [-0.1, -0.05) is 29.8 Å². The summed E-state index contributed by atoms with van der Waals surface area (Å²) in [5.41, 5.74) is 0.0359. The Morgan fingerprint density at radius 2 is 1.86 bits per heavy atom. The van der Waals surface area contributed by atoms with Crippen molar-refractivity contribution in [3.05, 3.63) is 51.4 Å². The molecule has 1 fully saturated rings. The van der Waals surface area contributed by atoms with Crippen LogP contribution in [0.1, 0.15) is 6.92 Å². The van der Waals surface area contributed by atoms with Crippen LogP contribution < -0.4 is 20.3 Å². The molecule has 0 radical (unpaired) electrons. The Morgan fingerprint density at radius 1 is 1.22 bits per heavy atom. The molecule has 1 N–H and O–H groups in total. The zero-order valence-corrected chi connectivity index (χ0v) is 22.4. The summed E-state index contributed by atoms with van der Waals surface area (Å²) in [4.78, 5) is 36.1. The number of carbonyl (C=O) groups is 1. The fourth-order valence-corrected chi connectivity index (χ4v) is 5.01. The molecule has 1 aliphatic rings. The molecule has 0 saturated carbocycles. The zero-order chi connectivity index (χ0) is 26.9. The van der Waals surface area contributed by atoms with Crippen molar-refractivity contribution >= 4 is 46.1 Å². The maximum absolute atomic E-state index is 13.9. The van der Waals surface area contributed by atoms with Crippen molar-refractivity contribution in [1.82, 2.24) is 19.4 Å². The van der Waals surface area contributed by atoms with Gasteiger partial charge in [0.15, 0.2) is 0 Å². The first-order chi connectivity index (χ1) is 17.7. The maximum Gasteiger partial charge on any atom is 0.260 e. The van der Waals surface area contributed by atoms with Crippen molar-refractivity contribution in [2.75, 3.05) is 46.3 Å². The third-order valence-electron chi connectivity index (χ3n) is 6.20. The van der Waals surface area contributed by atoms with Gasteiger partial charge in [0.25, 0.3) is 5.56 Å². The van der Waals surface area contributed by atoms with Crippen LogP contribution in [0.2, 0.25) is 10.0 Å². The quantitative estimate of drug-likeness (QED) is 0.404. The SMILES string of the molecule is C=CC(=O)N1CC(C)(OCCn2c(=O)c(-c3c(Cl)c(OC)cc(OC)c3Cl)cc3cnc(NC)nc32)C1. The number of rotatable bonds is 9. The highest BCUT2D eigenvalue weighted by atomic mass is 35.5. The minimum Gasteiger partial charge on any atom is -0.495 e. The topological polar surface area (TPSA) is 108 Å². The van der Waals surface area contributed by atoms with E-state index in [0.29, 0.717) is 41.6 Å². The van der Waals surface area contributed by atoms with Crippen LogP contribution in [0.15, 0.2) is 35.8 Å². The number of benzene rings is 1. The van der Waals surface area contributed by atoms with E-state index in [9.17, 15) is 9.59 Å². The smallest absolute Gasteiger partial charge is 0.260 e. The summed E-state index contributed by atoms with van der Waals surface area (Å²) in [6, 6.07) is 3.20. The number of halogens is 2. The van der Waals surface area contributed by atoms with Gasteiger partial charge in [0, 0.05) is 30.3 Å². The molecule has 1 amide bonds. The number of pyridine rings is 1. The highest BCUT2D eigenvalue weighted by molar-refractivity contribution is 6.41. The Labute approximate surface area is 223 Å². The molecule has 0 bridgehead atoms. The van der Waals surface area contributed by atoms with Crippen molar-refractivity contribution in [2.24, 2.45) is 0 Å². The molecule has 1 aromatic carbocycles. The van der Waals surface area contributed by atoms with Gasteiger partial charge < -0.3 is 24.4 Å². The summed E-state index contributed by atoms with van der Waals surface area (Å²) in [5, 5.41) is 3.84. The fraction of sp³-hybridized carbons (Fsp3) is 0.360. The molecule has 0 unspecified atom stereocenters. The Morgan fingerprint density at radius 3 is 2.43 bits per heavy atom. The number of hydrogen-bond donors (Lipinski definition) is 1. The van der Waals surface area contributed by atoms with Crippen molar-refractivity contribution < 1.29 is 19.0 Å². The minimum atomic E-state index is -0.520. The largest absolute Gasteiger partial charge is 0.495 e. The van der Waals surface area contributed by atoms with Crippen LogP contribution in [0, 0.1) is 0 Å². The van der Waals surface area contributed by atoms with Crippen LogP contribution in [0.25, 0.3) is 22.2 Å². The first kappa shape index (κ1) is 26.7. The molecule has 1 saturated heterocycles. The highest BCUT2D eigenvalue weighted by Gasteiger charge is 2.41. The van der Waals surface area contributed by atoms with Gasteiger partial charge in [-0.25, -0.2) is 4.98 Å². The van der Waals surface area contributed by atoms with Gasteiger partial charge in [0.2, 0.25) is 11.9 Å². The van der Waals surface area contributed by atoms with Gasteiger partial charge in [-0.15, -0.1) is 0 Å². The molecule has 0 aliphatic carbocycles. The molecular formula is C25H27Cl2N5O5. The lowest BCUT2D eigenvalue weighted by atomic mass is 9.96. The number of anilines is 1. The standard InChI is InChI=1S/C25H27Cl2N5O5/c1-6-18(33)31-12-25(2,13-31)37-8-7-32-22-14(11-29-24(28-3)30-22)9-15(23(32)34)19-20(26)16(35-4)10-17(36-5)21(19)27/h6,9-11H,1,7-8,12-13H2,2-5H3,(H,28,29,30). The van der Waals surface area contributed by atoms with Gasteiger partial charge in [-0.05, 0) is 19.1 Å². The van der Waals surface area contributed by atoms with E-state index in [-0.39, 0.29) is 45.8 Å². The molecule has 10 nitrogen and oxygen atoms in total. The second-order valence-corrected chi connectivity index (χ2v) is 9.47. The number of carbonyl (C=O) groups excluding carboxylic acids is 1. The summed E-state index contributed by atoms with van der Waals surface area (Å²) in [7, 11) is 4.62. The second-order valence-electron chi connectivity index (χ2n) is 8.72. The van der Waals surface area contributed by atoms with Crippen molar-refractivity contribution in [1.29, 1.82) is 0 Å². The van der Waals surface area contributed by atoms with E-state index in [1.165, 1.54) is 24.9 Å². The molecule has 1 aliphatic heterocycles. The summed E-state index contributed by atoms with van der Waals surface area (Å²) in [6.45, 7) is 6.69. The lowest BCUT2D eigenvalue weighted by Crippen LogP contribution is -2.63. The van der Waals surface area contributed by atoms with Gasteiger partial charge in [-0.2, -0.15) is 4.98 Å². The number of aromatic nitrogens is 3. The summed E-state index contributed by atoms with van der Waals surface area (Å²) in [5.74, 6) is 0.837. The van der Waals surface area contributed by atoms with Crippen LogP contribution in [0.4, 0.5) is 5.95 Å². The van der Waals surface area contributed by atoms with Gasteiger partial charge in [0.05, 0.1) is 56.1 Å². The van der Waals surface area contributed by atoms with E-state index in [0.717, 1.165) is 0 Å². The number of ether oxygens (including phenoxy) is 3. The summed E-state index contributed by atoms with van der Waals surface area (Å²) in [6.07, 6.45) is 2.89. The molecule has 37 heavy (non-hydrogen) atoms. The summed E-state index contributed by atoms with van der Waals surface area (Å²) < 4.78 is 18.3. The average Bonchev–Trinajstić information content (AvgIpc) is 2.88. The predicted octanol–water partition coefficient (Wildman–Crippen LogP) is 3.63. The molecule has 4 rings (SSSR count). The second kappa shape index (κ2) is 10.6. The van der Waals surface area contributed by atoms with Crippen LogP contribution in [-0.2, 0) is 16.1 Å². The lowest BCUT2D eigenvalue weighted by molar-refractivity contribution is -0.160. The molecule has 3 aromatic rings. The molecular weight excluding hydrogens is 521 g/mol. The van der Waals surface area contributed by atoms with Crippen molar-refractivity contribution in [3.8, 4) is 22.6 Å². The molecule has 196 valence electrons. The Balaban J connectivity index is 1.77. The molecule has 0 spiro atoms. The van der Waals surface area contributed by atoms with Crippen molar-refractivity contribution in [2.45, 2.75) is 19.1 Å². The Bertz CT molecular complexity index is 1410. The first-order valence-corrected chi connectivity index (χ1v) is 12.2. The number of nitrogens with one attached hydrogen (secondary N) is 1. The number of methoxy groups -OCH3 is 2. The van der Waals surface area contributed by atoms with E-state index in [2.05, 4.69) is 21.9 Å². The number of nitrogens with zero attached hydrogens (tertiary/aromatic N) is 4. The maximum atomic E-state index is 13.9.